The summed E-state index contributed by atoms with van der Waals surface area (Å²) in [6, 6.07) is 11.2. The van der Waals surface area contributed by atoms with Gasteiger partial charge in [-0.25, -0.2) is 13.2 Å². The van der Waals surface area contributed by atoms with Crippen LogP contribution in [0.4, 0.5) is 5.69 Å². The second kappa shape index (κ2) is 10.7. The first kappa shape index (κ1) is 24.8. The van der Waals surface area contributed by atoms with Gasteiger partial charge in [-0.05, 0) is 35.7 Å². The van der Waals surface area contributed by atoms with Gasteiger partial charge in [0.15, 0.2) is 6.61 Å². The Labute approximate surface area is 188 Å². The van der Waals surface area contributed by atoms with Crippen LogP contribution in [0.15, 0.2) is 47.4 Å². The van der Waals surface area contributed by atoms with Crippen molar-refractivity contribution in [3.8, 4) is 0 Å². The molecule has 0 bridgehead atoms. The zero-order valence-corrected chi connectivity index (χ0v) is 19.6. The van der Waals surface area contributed by atoms with E-state index in [2.05, 4.69) is 5.32 Å². The number of carbonyl (C=O) groups excluding carboxylic acids is 2. The first-order valence-electron chi connectivity index (χ1n) is 9.97. The van der Waals surface area contributed by atoms with E-state index in [-0.39, 0.29) is 21.4 Å². The Morgan fingerprint density at radius 2 is 1.74 bits per heavy atom. The fourth-order valence-corrected chi connectivity index (χ4v) is 4.72. The molecular weight excluding hydrogens is 440 g/mol. The van der Waals surface area contributed by atoms with Crippen LogP contribution in [0, 0.1) is 0 Å². The van der Waals surface area contributed by atoms with E-state index >= 15 is 0 Å². The Morgan fingerprint density at radius 3 is 2.35 bits per heavy atom. The molecule has 2 aromatic carbocycles. The van der Waals surface area contributed by atoms with Gasteiger partial charge in [0.05, 0.1) is 15.5 Å². The number of nitrogens with one attached hydrogen (secondary N) is 1. The molecule has 0 saturated carbocycles. The zero-order valence-electron chi connectivity index (χ0n) is 18.0. The summed E-state index contributed by atoms with van der Waals surface area (Å²) in [5.41, 5.74) is 1.48. The van der Waals surface area contributed by atoms with Crippen LogP contribution in [0.2, 0.25) is 5.02 Å². The number of benzene rings is 2. The molecule has 0 atom stereocenters. The highest BCUT2D eigenvalue weighted by molar-refractivity contribution is 7.89. The fraction of sp³-hybridized carbons (Fsp3) is 0.364. The molecule has 1 amide bonds. The van der Waals surface area contributed by atoms with Gasteiger partial charge in [0.2, 0.25) is 10.0 Å². The van der Waals surface area contributed by atoms with Crippen LogP contribution in [-0.4, -0.2) is 44.3 Å². The molecule has 0 fully saturated rings. The third-order valence-electron chi connectivity index (χ3n) is 4.69. The summed E-state index contributed by atoms with van der Waals surface area (Å²) in [5.74, 6) is -1.19. The number of nitrogens with zero attached hydrogens (tertiary/aromatic N) is 1. The number of ether oxygens (including phenoxy) is 1. The Morgan fingerprint density at radius 1 is 1.10 bits per heavy atom. The Bertz CT molecular complexity index is 1050. The molecule has 2 aromatic rings. The summed E-state index contributed by atoms with van der Waals surface area (Å²) in [7, 11) is -3.77. The van der Waals surface area contributed by atoms with Gasteiger partial charge in [-0.3, -0.25) is 4.79 Å². The summed E-state index contributed by atoms with van der Waals surface area (Å²) >= 11 is 6.08. The first-order chi connectivity index (χ1) is 14.6. The summed E-state index contributed by atoms with van der Waals surface area (Å²) in [6.45, 7) is 7.51. The van der Waals surface area contributed by atoms with E-state index in [1.165, 1.54) is 22.5 Å². The number of esters is 1. The van der Waals surface area contributed by atoms with Crippen molar-refractivity contribution in [1.82, 2.24) is 4.31 Å². The van der Waals surface area contributed by atoms with Crippen LogP contribution in [0.25, 0.3) is 0 Å². The smallest absolute Gasteiger partial charge is 0.340 e. The number of hydrogen-bond donors (Lipinski definition) is 1. The molecule has 0 saturated heterocycles. The summed E-state index contributed by atoms with van der Waals surface area (Å²) in [6.07, 6.45) is 0. The maximum absolute atomic E-state index is 12.7. The maximum atomic E-state index is 12.7. The lowest BCUT2D eigenvalue weighted by Crippen LogP contribution is -2.30. The molecule has 0 heterocycles. The fourth-order valence-electron chi connectivity index (χ4n) is 3.04. The molecule has 0 aliphatic rings. The van der Waals surface area contributed by atoms with Gasteiger partial charge in [-0.1, -0.05) is 57.5 Å². The van der Waals surface area contributed by atoms with E-state index in [1.54, 1.807) is 26.0 Å². The highest BCUT2D eigenvalue weighted by Crippen LogP contribution is 2.25. The second-order valence-electron chi connectivity index (χ2n) is 7.10. The topological polar surface area (TPSA) is 92.8 Å². The lowest BCUT2D eigenvalue weighted by molar-refractivity contribution is -0.119. The molecule has 168 valence electrons. The minimum absolute atomic E-state index is 0.0362. The summed E-state index contributed by atoms with van der Waals surface area (Å²) in [4.78, 5) is 24.7. The molecule has 0 spiro atoms. The number of anilines is 1. The standard InChI is InChI=1S/C22H27ClN2O5S/c1-5-25(6-2)31(28,29)16-11-12-19(23)18(13-16)22(27)30-14-21(26)24-20-10-8-7-9-17(20)15(3)4/h7-13,15H,5-6,14H2,1-4H3,(H,24,26). The van der Waals surface area contributed by atoms with Gasteiger partial charge < -0.3 is 10.1 Å². The average Bonchev–Trinajstić information content (AvgIpc) is 2.73. The number of para-hydroxylation sites is 1. The molecule has 7 nitrogen and oxygen atoms in total. The molecule has 31 heavy (non-hydrogen) atoms. The predicted molar refractivity (Wildman–Crippen MR) is 121 cm³/mol. The van der Waals surface area contributed by atoms with Gasteiger partial charge in [-0.15, -0.1) is 0 Å². The van der Waals surface area contributed by atoms with Crippen molar-refractivity contribution in [2.24, 2.45) is 0 Å². The van der Waals surface area contributed by atoms with Gasteiger partial charge in [-0.2, -0.15) is 4.31 Å². The van der Waals surface area contributed by atoms with E-state index in [0.717, 1.165) is 5.56 Å². The molecule has 0 aromatic heterocycles. The lowest BCUT2D eigenvalue weighted by atomic mass is 10.0. The highest BCUT2D eigenvalue weighted by atomic mass is 35.5. The number of amides is 1. The number of halogens is 1. The van der Waals surface area contributed by atoms with Crippen LogP contribution >= 0.6 is 11.6 Å². The number of rotatable bonds is 9. The van der Waals surface area contributed by atoms with E-state index < -0.39 is 28.5 Å². The largest absolute Gasteiger partial charge is 0.452 e. The van der Waals surface area contributed by atoms with Crippen molar-refractivity contribution in [2.45, 2.75) is 38.5 Å². The van der Waals surface area contributed by atoms with E-state index in [4.69, 9.17) is 16.3 Å². The van der Waals surface area contributed by atoms with Crippen molar-refractivity contribution in [2.75, 3.05) is 25.0 Å². The number of carbonyl (C=O) groups is 2. The molecule has 2 rings (SSSR count). The second-order valence-corrected chi connectivity index (χ2v) is 9.44. The van der Waals surface area contributed by atoms with Crippen LogP contribution < -0.4 is 5.32 Å². The van der Waals surface area contributed by atoms with E-state index in [1.807, 2.05) is 26.0 Å². The molecule has 0 radical (unpaired) electrons. The Kier molecular flexibility index (Phi) is 8.61. The van der Waals surface area contributed by atoms with Crippen molar-refractivity contribution < 1.29 is 22.7 Å². The Hall–Kier alpha value is -2.42. The molecular formula is C22H27ClN2O5S. The van der Waals surface area contributed by atoms with Crippen LogP contribution in [0.3, 0.4) is 0 Å². The molecule has 0 unspecified atom stereocenters. The minimum atomic E-state index is -3.77. The van der Waals surface area contributed by atoms with E-state index in [0.29, 0.717) is 18.8 Å². The SMILES string of the molecule is CCN(CC)S(=O)(=O)c1ccc(Cl)c(C(=O)OCC(=O)Nc2ccccc2C(C)C)c1. The van der Waals surface area contributed by atoms with Crippen molar-refractivity contribution in [1.29, 1.82) is 0 Å². The van der Waals surface area contributed by atoms with Crippen LogP contribution in [0.5, 0.6) is 0 Å². The van der Waals surface area contributed by atoms with Crippen molar-refractivity contribution in [3.63, 3.8) is 0 Å². The normalized spacial score (nSPS) is 11.6. The third kappa shape index (κ3) is 6.06. The van der Waals surface area contributed by atoms with Crippen molar-refractivity contribution in [3.05, 3.63) is 58.6 Å². The molecule has 9 heteroatoms. The summed E-state index contributed by atoms with van der Waals surface area (Å²) in [5, 5.41) is 2.76. The maximum Gasteiger partial charge on any atom is 0.340 e. The van der Waals surface area contributed by atoms with Crippen LogP contribution in [-0.2, 0) is 19.6 Å². The Balaban J connectivity index is 2.13. The molecule has 1 N–H and O–H groups in total. The minimum Gasteiger partial charge on any atom is -0.452 e. The van der Waals surface area contributed by atoms with Crippen molar-refractivity contribution >= 4 is 39.2 Å². The first-order valence-corrected chi connectivity index (χ1v) is 11.8. The molecule has 0 aliphatic carbocycles. The quantitative estimate of drug-likeness (QED) is 0.556. The number of sulfonamides is 1. The third-order valence-corrected chi connectivity index (χ3v) is 7.07. The summed E-state index contributed by atoms with van der Waals surface area (Å²) < 4.78 is 31.8. The van der Waals surface area contributed by atoms with Crippen LogP contribution in [0.1, 0.15) is 49.5 Å². The van der Waals surface area contributed by atoms with Gasteiger partial charge in [0.1, 0.15) is 0 Å². The zero-order chi connectivity index (χ0) is 23.2. The van der Waals surface area contributed by atoms with Gasteiger partial charge >= 0.3 is 5.97 Å². The lowest BCUT2D eigenvalue weighted by Gasteiger charge is -2.19. The monoisotopic (exact) mass is 466 g/mol. The van der Waals surface area contributed by atoms with Gasteiger partial charge in [0, 0.05) is 18.8 Å². The number of hydrogen-bond acceptors (Lipinski definition) is 5. The average molecular weight is 467 g/mol. The highest BCUT2D eigenvalue weighted by Gasteiger charge is 2.24. The van der Waals surface area contributed by atoms with E-state index in [9.17, 15) is 18.0 Å². The molecule has 0 aliphatic heterocycles. The predicted octanol–water partition coefficient (Wildman–Crippen LogP) is 4.29. The van der Waals surface area contributed by atoms with Gasteiger partial charge in [0.25, 0.3) is 5.91 Å².